The molecular weight excluding hydrogens is 478 g/mol. The summed E-state index contributed by atoms with van der Waals surface area (Å²) in [5.74, 6) is -0.617. The summed E-state index contributed by atoms with van der Waals surface area (Å²) in [6.45, 7) is 7.12. The van der Waals surface area contributed by atoms with Crippen molar-refractivity contribution in [2.24, 2.45) is 0 Å². The predicted octanol–water partition coefficient (Wildman–Crippen LogP) is 3.80. The maximum atomic E-state index is 13.2. The predicted molar refractivity (Wildman–Crippen MR) is 150 cm³/mol. The monoisotopic (exact) mass is 511 g/mol. The fourth-order valence-electron chi connectivity index (χ4n) is 5.48. The lowest BCUT2D eigenvalue weighted by Crippen LogP contribution is -2.49. The highest BCUT2D eigenvalue weighted by atomic mass is 16.4. The Morgan fingerprint density at radius 2 is 1.50 bits per heavy atom. The Kier molecular flexibility index (Phi) is 6.74. The molecule has 0 spiro atoms. The van der Waals surface area contributed by atoms with Gasteiger partial charge in [0, 0.05) is 58.9 Å². The number of carbonyl (C=O) groups is 1. The largest absolute Gasteiger partial charge is 0.428 e. The highest BCUT2D eigenvalue weighted by molar-refractivity contribution is 5.94. The molecule has 2 saturated heterocycles. The molecule has 38 heavy (non-hydrogen) atoms. The summed E-state index contributed by atoms with van der Waals surface area (Å²) in [4.78, 5) is 34.7. The number of rotatable bonds is 4. The summed E-state index contributed by atoms with van der Waals surface area (Å²) < 4.78 is 6.88. The van der Waals surface area contributed by atoms with Gasteiger partial charge in [-0.05, 0) is 41.9 Å². The van der Waals surface area contributed by atoms with Crippen molar-refractivity contribution in [3.05, 3.63) is 88.9 Å². The van der Waals surface area contributed by atoms with E-state index in [9.17, 15) is 9.59 Å². The van der Waals surface area contributed by atoms with Crippen LogP contribution in [0.4, 0.5) is 10.5 Å². The number of carbonyl (C=O) groups excluding carboxylic acids is 1. The number of hydrogen-bond donors (Lipinski definition) is 0. The number of hydrogen-bond acceptors (Lipinski definition) is 6. The molecule has 1 amide bonds. The van der Waals surface area contributed by atoms with Gasteiger partial charge < -0.3 is 19.1 Å². The summed E-state index contributed by atoms with van der Waals surface area (Å²) in [6, 6.07) is 24.6. The van der Waals surface area contributed by atoms with Gasteiger partial charge in [0.05, 0.1) is 5.69 Å². The number of anilines is 1. The maximum Gasteiger partial charge on any atom is 0.428 e. The number of amides is 1. The van der Waals surface area contributed by atoms with Gasteiger partial charge >= 0.3 is 11.8 Å². The lowest BCUT2D eigenvalue weighted by atomic mass is 10.0. The van der Waals surface area contributed by atoms with Crippen molar-refractivity contribution in [2.45, 2.75) is 6.54 Å². The normalized spacial score (nSPS) is 17.3. The van der Waals surface area contributed by atoms with E-state index >= 15 is 0 Å². The van der Waals surface area contributed by atoms with Crippen LogP contribution in [0.5, 0.6) is 0 Å². The third kappa shape index (κ3) is 4.85. The first-order valence-corrected chi connectivity index (χ1v) is 13.3. The van der Waals surface area contributed by atoms with Gasteiger partial charge in [0.15, 0.2) is 5.58 Å². The van der Waals surface area contributed by atoms with Gasteiger partial charge in [-0.15, -0.1) is 0 Å². The molecule has 0 atom stereocenters. The zero-order valence-electron chi connectivity index (χ0n) is 21.8. The molecule has 2 aliphatic heterocycles. The summed E-state index contributed by atoms with van der Waals surface area (Å²) in [5.41, 5.74) is 5.66. The second kappa shape index (κ2) is 10.5. The van der Waals surface area contributed by atoms with Crippen molar-refractivity contribution < 1.29 is 9.21 Å². The zero-order chi connectivity index (χ0) is 26.1. The summed E-state index contributed by atoms with van der Waals surface area (Å²) in [6.07, 6.45) is 0. The maximum absolute atomic E-state index is 13.2. The van der Waals surface area contributed by atoms with E-state index in [-0.39, 0.29) is 6.03 Å². The lowest BCUT2D eigenvalue weighted by Gasteiger charge is -2.36. The second-order valence-electron chi connectivity index (χ2n) is 10.2. The van der Waals surface area contributed by atoms with Crippen LogP contribution in [0.3, 0.4) is 0 Å². The van der Waals surface area contributed by atoms with Crippen molar-refractivity contribution in [1.82, 2.24) is 19.3 Å². The van der Waals surface area contributed by atoms with Gasteiger partial charge in [0.25, 0.3) is 0 Å². The first-order chi connectivity index (χ1) is 18.6. The Hall–Kier alpha value is -3.88. The minimum Gasteiger partial charge on any atom is -0.405 e. The van der Waals surface area contributed by atoms with E-state index in [1.54, 1.807) is 11.0 Å². The first-order valence-electron chi connectivity index (χ1n) is 13.3. The molecule has 3 heterocycles. The summed E-state index contributed by atoms with van der Waals surface area (Å²) in [5, 5.41) is 0. The van der Waals surface area contributed by atoms with Gasteiger partial charge in [-0.1, -0.05) is 54.6 Å². The smallest absolute Gasteiger partial charge is 0.405 e. The number of piperazine rings is 2. The number of aromatic nitrogens is 1. The number of para-hydroxylation sites is 1. The Morgan fingerprint density at radius 1 is 0.789 bits per heavy atom. The van der Waals surface area contributed by atoms with Crippen molar-refractivity contribution in [3.8, 4) is 11.1 Å². The van der Waals surface area contributed by atoms with Crippen molar-refractivity contribution in [3.63, 3.8) is 0 Å². The molecule has 0 saturated carbocycles. The Bertz CT molecular complexity index is 1480. The van der Waals surface area contributed by atoms with E-state index < -0.39 is 5.76 Å². The molecule has 0 unspecified atom stereocenters. The van der Waals surface area contributed by atoms with Crippen LogP contribution >= 0.6 is 0 Å². The highest BCUT2D eigenvalue weighted by Crippen LogP contribution is 2.28. The number of benzene rings is 3. The summed E-state index contributed by atoms with van der Waals surface area (Å²) >= 11 is 0. The fourth-order valence-corrected chi connectivity index (χ4v) is 5.48. The molecule has 196 valence electrons. The van der Waals surface area contributed by atoms with Gasteiger partial charge in [0.1, 0.15) is 5.52 Å². The van der Waals surface area contributed by atoms with Crippen molar-refractivity contribution in [1.29, 1.82) is 0 Å². The number of oxazole rings is 1. The molecule has 4 aromatic rings. The lowest BCUT2D eigenvalue weighted by molar-refractivity contribution is 0.155. The minimum absolute atomic E-state index is 0.304. The third-order valence-electron chi connectivity index (χ3n) is 7.70. The van der Waals surface area contributed by atoms with E-state index in [0.717, 1.165) is 51.5 Å². The molecule has 0 radical (unpaired) electrons. The third-order valence-corrected chi connectivity index (χ3v) is 7.70. The second-order valence-corrected chi connectivity index (χ2v) is 10.2. The fraction of sp³-hybridized carbons (Fsp3) is 0.333. The van der Waals surface area contributed by atoms with E-state index in [2.05, 4.69) is 63.2 Å². The molecule has 2 fully saturated rings. The SMILES string of the molecule is CN1CCN(C(=O)n2c(=O)oc3c(N4CCN(Cc5cccc(-c6ccccc6)c5)CC4)cccc32)CC1. The van der Waals surface area contributed by atoms with Crippen LogP contribution in [-0.4, -0.2) is 84.7 Å². The van der Waals surface area contributed by atoms with Crippen molar-refractivity contribution >= 4 is 22.8 Å². The Morgan fingerprint density at radius 3 is 2.26 bits per heavy atom. The molecule has 8 nitrogen and oxygen atoms in total. The van der Waals surface area contributed by atoms with Gasteiger partial charge in [0.2, 0.25) is 0 Å². The summed E-state index contributed by atoms with van der Waals surface area (Å²) in [7, 11) is 2.04. The number of fused-ring (bicyclic) bond motifs is 1. The average molecular weight is 512 g/mol. The standard InChI is InChI=1S/C30H33N5O3/c1-31-13-17-34(18-14-31)29(36)35-27-12-6-11-26(28(27)38-30(35)37)33-19-15-32(16-20-33)22-23-7-5-10-25(21-23)24-8-3-2-4-9-24/h2-12,21H,13-20,22H2,1H3. The van der Waals surface area contributed by atoms with E-state index in [0.29, 0.717) is 24.2 Å². The minimum atomic E-state index is -0.617. The molecule has 1 aromatic heterocycles. The van der Waals surface area contributed by atoms with Gasteiger partial charge in [-0.2, -0.15) is 4.57 Å². The molecule has 0 aliphatic carbocycles. The van der Waals surface area contributed by atoms with Gasteiger partial charge in [-0.3, -0.25) is 4.90 Å². The topological polar surface area (TPSA) is 65.2 Å². The van der Waals surface area contributed by atoms with Gasteiger partial charge in [-0.25, -0.2) is 9.59 Å². The van der Waals surface area contributed by atoms with Crippen LogP contribution in [0, 0.1) is 0 Å². The van der Waals surface area contributed by atoms with Crippen LogP contribution in [0.2, 0.25) is 0 Å². The molecule has 0 bridgehead atoms. The molecule has 8 heteroatoms. The quantitative estimate of drug-likeness (QED) is 0.415. The first kappa shape index (κ1) is 24.5. The van der Waals surface area contributed by atoms with Crippen LogP contribution in [0.1, 0.15) is 5.56 Å². The van der Waals surface area contributed by atoms with Crippen LogP contribution in [0.15, 0.2) is 82.0 Å². The van der Waals surface area contributed by atoms with Crippen LogP contribution in [0.25, 0.3) is 22.2 Å². The van der Waals surface area contributed by atoms with Crippen LogP contribution in [-0.2, 0) is 6.54 Å². The zero-order valence-corrected chi connectivity index (χ0v) is 21.8. The van der Waals surface area contributed by atoms with E-state index in [4.69, 9.17) is 4.42 Å². The number of nitrogens with zero attached hydrogens (tertiary/aromatic N) is 5. The Balaban J connectivity index is 1.15. The Labute approximate surface area is 222 Å². The van der Waals surface area contributed by atoms with E-state index in [1.807, 2.05) is 25.2 Å². The molecular formula is C30H33N5O3. The van der Waals surface area contributed by atoms with Crippen molar-refractivity contribution in [2.75, 3.05) is 64.3 Å². The average Bonchev–Trinajstić information content (AvgIpc) is 3.30. The van der Waals surface area contributed by atoms with E-state index in [1.165, 1.54) is 21.3 Å². The molecule has 6 rings (SSSR count). The van der Waals surface area contributed by atoms with Crippen LogP contribution < -0.4 is 10.7 Å². The highest BCUT2D eigenvalue weighted by Gasteiger charge is 2.27. The molecule has 0 N–H and O–H groups in total. The molecule has 3 aromatic carbocycles. The number of likely N-dealkylation sites (N-methyl/N-ethyl adjacent to an activating group) is 1. The molecule has 2 aliphatic rings.